The molecule has 4 aromatic rings. The van der Waals surface area contributed by atoms with Crippen molar-refractivity contribution in [2.75, 3.05) is 18.0 Å². The molecule has 6 rings (SSSR count). The average molecular weight is 702 g/mol. The van der Waals surface area contributed by atoms with Crippen LogP contribution in [0.5, 0.6) is 0 Å². The zero-order valence-electron chi connectivity index (χ0n) is 26.7. The highest BCUT2D eigenvalue weighted by atomic mass is 35.5. The molecule has 2 aliphatic rings. The Morgan fingerprint density at radius 1 is 1.10 bits per heavy atom. The molecule has 1 fully saturated rings. The number of carbonyl (C=O) groups is 3. The number of carbonyl (C=O) groups excluding carboxylic acids is 3. The van der Waals surface area contributed by atoms with E-state index in [9.17, 15) is 31.9 Å². The number of halogens is 5. The van der Waals surface area contributed by atoms with Crippen LogP contribution in [0.25, 0.3) is 22.3 Å². The number of primary amides is 1. The highest BCUT2D eigenvalue weighted by molar-refractivity contribution is 6.33. The summed E-state index contributed by atoms with van der Waals surface area (Å²) in [5.74, 6) is -1.26. The van der Waals surface area contributed by atoms with Gasteiger partial charge in [-0.15, -0.1) is 0 Å². The van der Waals surface area contributed by atoms with Gasteiger partial charge in [0.25, 0.3) is 5.91 Å². The van der Waals surface area contributed by atoms with Crippen molar-refractivity contribution in [2.45, 2.75) is 70.7 Å². The summed E-state index contributed by atoms with van der Waals surface area (Å²) < 4.78 is 60.7. The fourth-order valence-corrected chi connectivity index (χ4v) is 6.20. The molecule has 49 heavy (non-hydrogen) atoms. The number of pyridine rings is 2. The molecule has 0 aliphatic carbocycles. The zero-order valence-corrected chi connectivity index (χ0v) is 27.5. The summed E-state index contributed by atoms with van der Waals surface area (Å²) >= 11 is 6.32. The molecular formula is C33H32ClF4N7O4. The third-order valence-corrected chi connectivity index (χ3v) is 8.55. The fourth-order valence-electron chi connectivity index (χ4n) is 5.93. The Bertz CT molecular complexity index is 1970. The van der Waals surface area contributed by atoms with Gasteiger partial charge in [-0.3, -0.25) is 19.4 Å². The number of anilines is 1. The molecule has 0 saturated carbocycles. The maximum Gasteiger partial charge on any atom is 0.417 e. The Hall–Kier alpha value is -4.79. The second-order valence-corrected chi connectivity index (χ2v) is 13.5. The molecule has 0 bridgehead atoms. The molecule has 5 heterocycles. The van der Waals surface area contributed by atoms with Gasteiger partial charge in [0.05, 0.1) is 42.1 Å². The first-order valence-electron chi connectivity index (χ1n) is 15.4. The van der Waals surface area contributed by atoms with E-state index in [2.05, 4.69) is 10.1 Å². The SMILES string of the molecule is CC(C)(C)OC(=O)CC[C@@H](C(N)=O)N1Cc2cc(Cn3ncc4c(-c5ncc(C(F)(F)F)cc5Cl)cc(N5CC(F)C5)nc43)ccc2C1=O. The van der Waals surface area contributed by atoms with Crippen molar-refractivity contribution in [3.63, 3.8) is 0 Å². The lowest BCUT2D eigenvalue weighted by Gasteiger charge is -2.35. The van der Waals surface area contributed by atoms with Crippen LogP contribution in [0.1, 0.15) is 60.7 Å². The van der Waals surface area contributed by atoms with E-state index < -0.39 is 47.3 Å². The predicted molar refractivity (Wildman–Crippen MR) is 171 cm³/mol. The third-order valence-electron chi connectivity index (χ3n) is 8.26. The van der Waals surface area contributed by atoms with Crippen LogP contribution < -0.4 is 10.6 Å². The average Bonchev–Trinajstić information content (AvgIpc) is 3.53. The molecule has 2 amide bonds. The summed E-state index contributed by atoms with van der Waals surface area (Å²) in [4.78, 5) is 49.8. The van der Waals surface area contributed by atoms with Crippen molar-refractivity contribution < 1.29 is 36.7 Å². The number of fused-ring (bicyclic) bond motifs is 2. The van der Waals surface area contributed by atoms with Gasteiger partial charge in [-0.1, -0.05) is 23.7 Å². The lowest BCUT2D eigenvalue weighted by Crippen LogP contribution is -2.48. The molecule has 0 radical (unpaired) electrons. The first-order valence-corrected chi connectivity index (χ1v) is 15.8. The van der Waals surface area contributed by atoms with Gasteiger partial charge < -0.3 is 20.3 Å². The van der Waals surface area contributed by atoms with Crippen LogP contribution in [0, 0.1) is 0 Å². The van der Waals surface area contributed by atoms with Gasteiger partial charge in [0.1, 0.15) is 23.6 Å². The largest absolute Gasteiger partial charge is 0.460 e. The van der Waals surface area contributed by atoms with E-state index in [0.29, 0.717) is 39.7 Å². The molecule has 3 aromatic heterocycles. The van der Waals surface area contributed by atoms with Crippen molar-refractivity contribution in [3.8, 4) is 11.3 Å². The monoisotopic (exact) mass is 701 g/mol. The summed E-state index contributed by atoms with van der Waals surface area (Å²) in [5, 5.41) is 4.74. The fraction of sp³-hybridized carbons (Fsp3) is 0.394. The van der Waals surface area contributed by atoms with Crippen LogP contribution in [0.2, 0.25) is 5.02 Å². The summed E-state index contributed by atoms with van der Waals surface area (Å²) in [5.41, 5.74) is 6.56. The minimum atomic E-state index is -4.63. The molecule has 2 aliphatic heterocycles. The van der Waals surface area contributed by atoms with Crippen molar-refractivity contribution in [2.24, 2.45) is 5.73 Å². The second-order valence-electron chi connectivity index (χ2n) is 13.1. The molecule has 16 heteroatoms. The minimum absolute atomic E-state index is 0.00439. The number of esters is 1. The Morgan fingerprint density at radius 3 is 2.47 bits per heavy atom. The van der Waals surface area contributed by atoms with E-state index in [0.717, 1.165) is 11.6 Å². The summed E-state index contributed by atoms with van der Waals surface area (Å²) in [6, 6.07) is 6.56. The van der Waals surface area contributed by atoms with Crippen LogP contribution in [-0.4, -0.2) is 73.3 Å². The molecule has 0 unspecified atom stereocenters. The van der Waals surface area contributed by atoms with Gasteiger partial charge in [0.2, 0.25) is 5.91 Å². The second kappa shape index (κ2) is 12.6. The lowest BCUT2D eigenvalue weighted by molar-refractivity contribution is -0.155. The maximum atomic E-state index is 13.8. The topological polar surface area (TPSA) is 137 Å². The van der Waals surface area contributed by atoms with E-state index in [-0.39, 0.29) is 49.7 Å². The van der Waals surface area contributed by atoms with Crippen LogP contribution in [0.4, 0.5) is 23.4 Å². The number of benzene rings is 1. The third kappa shape index (κ3) is 7.02. The molecular weight excluding hydrogens is 670 g/mol. The number of hydrogen-bond donors (Lipinski definition) is 1. The van der Waals surface area contributed by atoms with E-state index in [1.54, 1.807) is 54.6 Å². The van der Waals surface area contributed by atoms with Crippen LogP contribution in [0.3, 0.4) is 0 Å². The van der Waals surface area contributed by atoms with Crippen molar-refractivity contribution >= 4 is 46.2 Å². The van der Waals surface area contributed by atoms with Gasteiger partial charge in [0, 0.05) is 35.7 Å². The summed E-state index contributed by atoms with van der Waals surface area (Å²) in [7, 11) is 0. The number of nitrogens with two attached hydrogens (primary N) is 1. The molecule has 0 spiro atoms. The Labute approximate surface area is 283 Å². The van der Waals surface area contributed by atoms with E-state index >= 15 is 0 Å². The number of rotatable bonds is 9. The molecule has 2 N–H and O–H groups in total. The number of nitrogens with zero attached hydrogens (tertiary/aromatic N) is 6. The normalized spacial score (nSPS) is 15.8. The predicted octanol–water partition coefficient (Wildman–Crippen LogP) is 5.30. The maximum absolute atomic E-state index is 13.8. The number of amides is 2. The zero-order chi connectivity index (χ0) is 35.4. The summed E-state index contributed by atoms with van der Waals surface area (Å²) in [6.07, 6.45) is -3.56. The van der Waals surface area contributed by atoms with Crippen LogP contribution in [-0.2, 0) is 33.6 Å². The number of ether oxygens (including phenoxy) is 1. The molecule has 11 nitrogen and oxygen atoms in total. The first-order chi connectivity index (χ1) is 23.0. The van der Waals surface area contributed by atoms with E-state index in [1.165, 1.54) is 11.1 Å². The quantitative estimate of drug-likeness (QED) is 0.183. The smallest absolute Gasteiger partial charge is 0.417 e. The Morgan fingerprint density at radius 2 is 1.84 bits per heavy atom. The van der Waals surface area contributed by atoms with Crippen LogP contribution >= 0.6 is 11.6 Å². The van der Waals surface area contributed by atoms with E-state index in [4.69, 9.17) is 27.1 Å². The van der Waals surface area contributed by atoms with Crippen molar-refractivity contribution in [1.29, 1.82) is 0 Å². The number of aromatic nitrogens is 4. The van der Waals surface area contributed by atoms with Gasteiger partial charge >= 0.3 is 12.1 Å². The number of alkyl halides is 4. The molecule has 1 atom stereocenters. The first kappa shape index (κ1) is 34.1. The van der Waals surface area contributed by atoms with Crippen molar-refractivity contribution in [3.05, 3.63) is 70.0 Å². The lowest BCUT2D eigenvalue weighted by atomic mass is 10.1. The highest BCUT2D eigenvalue weighted by Crippen LogP contribution is 2.38. The molecule has 1 saturated heterocycles. The van der Waals surface area contributed by atoms with E-state index in [1.807, 2.05) is 0 Å². The molecule has 1 aromatic carbocycles. The van der Waals surface area contributed by atoms with Gasteiger partial charge in [-0.2, -0.15) is 18.3 Å². The van der Waals surface area contributed by atoms with Crippen molar-refractivity contribution in [1.82, 2.24) is 24.6 Å². The van der Waals surface area contributed by atoms with Gasteiger partial charge in [0.15, 0.2) is 5.65 Å². The van der Waals surface area contributed by atoms with Gasteiger partial charge in [-0.05, 0) is 56.5 Å². The van der Waals surface area contributed by atoms with Gasteiger partial charge in [-0.25, -0.2) is 14.1 Å². The minimum Gasteiger partial charge on any atom is -0.460 e. The Balaban J connectivity index is 1.28. The molecule has 258 valence electrons. The Kier molecular flexibility index (Phi) is 8.76. The standard InChI is InChI=1S/C33H32ClF4N7O4/c1-32(2,3)49-27(46)7-6-25(29(39)47)44-14-18-8-17(4-5-21(18)31(44)48)13-45-30-23(12-41-45)22(10-26(42-30)43-15-20(35)16-43)28-24(34)9-19(11-40-28)33(36,37)38/h4-5,8-12,20,25H,6-7,13-16H2,1-3H3,(H2,39,47)/t25-/m0/s1. The summed E-state index contributed by atoms with van der Waals surface area (Å²) in [6.45, 7) is 5.65. The highest BCUT2D eigenvalue weighted by Gasteiger charge is 2.37. The van der Waals surface area contributed by atoms with Crippen LogP contribution in [0.15, 0.2) is 42.7 Å². The number of hydrogen-bond acceptors (Lipinski definition) is 8.